The van der Waals surface area contributed by atoms with Crippen LogP contribution in [0.5, 0.6) is 0 Å². The van der Waals surface area contributed by atoms with Crippen LogP contribution in [-0.4, -0.2) is 31.1 Å². The van der Waals surface area contributed by atoms with Gasteiger partial charge in [-0.3, -0.25) is 4.90 Å². The van der Waals surface area contributed by atoms with Crippen molar-refractivity contribution in [3.8, 4) is 0 Å². The second-order valence-electron chi connectivity index (χ2n) is 4.25. The van der Waals surface area contributed by atoms with Crippen LogP contribution in [0.25, 0.3) is 0 Å². The van der Waals surface area contributed by atoms with Crippen LogP contribution in [0, 0.1) is 11.6 Å². The largest absolute Gasteiger partial charge is 0.314 e. The summed E-state index contributed by atoms with van der Waals surface area (Å²) in [6.07, 6.45) is 1.60. The highest BCUT2D eigenvalue weighted by Crippen LogP contribution is 2.29. The predicted molar refractivity (Wildman–Crippen MR) is 78.7 cm³/mol. The van der Waals surface area contributed by atoms with Crippen molar-refractivity contribution in [3.05, 3.63) is 46.5 Å². The second kappa shape index (κ2) is 7.33. The summed E-state index contributed by atoms with van der Waals surface area (Å²) in [7, 11) is 0. The van der Waals surface area contributed by atoms with Crippen molar-refractivity contribution in [3.63, 3.8) is 0 Å². The molecule has 1 aromatic rings. The van der Waals surface area contributed by atoms with Gasteiger partial charge in [-0.1, -0.05) is 22.0 Å². The number of halogens is 4. The lowest BCUT2D eigenvalue weighted by Gasteiger charge is -2.33. The summed E-state index contributed by atoms with van der Waals surface area (Å²) in [6.45, 7) is 6.87. The minimum absolute atomic E-state index is 0. The van der Waals surface area contributed by atoms with Gasteiger partial charge in [0.15, 0.2) is 0 Å². The van der Waals surface area contributed by atoms with E-state index in [9.17, 15) is 8.78 Å². The topological polar surface area (TPSA) is 15.3 Å². The summed E-state index contributed by atoms with van der Waals surface area (Å²) in [4.78, 5) is 2.03. The normalized spacial score (nSPS) is 17.6. The number of nitrogens with zero attached hydrogens (tertiary/aromatic N) is 1. The van der Waals surface area contributed by atoms with E-state index >= 15 is 0 Å². The monoisotopic (exact) mass is 352 g/mol. The molecule has 0 amide bonds. The lowest BCUT2D eigenvalue weighted by molar-refractivity contribution is 0.197. The Labute approximate surface area is 126 Å². The minimum Gasteiger partial charge on any atom is -0.314 e. The molecule has 19 heavy (non-hydrogen) atoms. The van der Waals surface area contributed by atoms with E-state index in [2.05, 4.69) is 27.8 Å². The smallest absolute Gasteiger partial charge is 0.132 e. The van der Waals surface area contributed by atoms with Crippen LogP contribution in [0.3, 0.4) is 0 Å². The number of benzene rings is 1. The van der Waals surface area contributed by atoms with Crippen LogP contribution in [0.2, 0.25) is 0 Å². The lowest BCUT2D eigenvalue weighted by Crippen LogP contribution is -2.45. The van der Waals surface area contributed by atoms with Crippen molar-refractivity contribution in [1.29, 1.82) is 0 Å². The number of nitrogens with one attached hydrogen (secondary N) is 1. The van der Waals surface area contributed by atoms with Crippen LogP contribution >= 0.6 is 28.3 Å². The predicted octanol–water partition coefficient (Wildman–Crippen LogP) is 3.28. The van der Waals surface area contributed by atoms with Gasteiger partial charge in [0, 0.05) is 36.2 Å². The van der Waals surface area contributed by atoms with E-state index in [1.54, 1.807) is 6.08 Å². The molecule has 1 atom stereocenters. The van der Waals surface area contributed by atoms with Crippen LogP contribution in [0.1, 0.15) is 11.6 Å². The molecule has 1 aliphatic heterocycles. The van der Waals surface area contributed by atoms with Crippen LogP contribution in [-0.2, 0) is 0 Å². The third kappa shape index (κ3) is 3.75. The highest BCUT2D eigenvalue weighted by Gasteiger charge is 2.25. The van der Waals surface area contributed by atoms with Crippen molar-refractivity contribution in [2.24, 2.45) is 0 Å². The molecule has 1 saturated heterocycles. The maximum absolute atomic E-state index is 13.9. The number of hydrogen-bond acceptors (Lipinski definition) is 2. The minimum atomic E-state index is -0.537. The Hall–Kier alpha value is -0.490. The fourth-order valence-electron chi connectivity index (χ4n) is 2.25. The van der Waals surface area contributed by atoms with Crippen molar-refractivity contribution < 1.29 is 8.78 Å². The Bertz CT molecular complexity index is 427. The molecule has 2 nitrogen and oxygen atoms in total. The molecule has 6 heteroatoms. The van der Waals surface area contributed by atoms with E-state index in [0.717, 1.165) is 26.2 Å². The molecule has 0 aliphatic carbocycles. The van der Waals surface area contributed by atoms with Gasteiger partial charge in [-0.05, 0) is 12.1 Å². The third-order valence-electron chi connectivity index (χ3n) is 3.11. The molecule has 0 saturated carbocycles. The van der Waals surface area contributed by atoms with Gasteiger partial charge in [0.05, 0.1) is 6.04 Å². The van der Waals surface area contributed by atoms with Crippen LogP contribution in [0.15, 0.2) is 29.3 Å². The van der Waals surface area contributed by atoms with Gasteiger partial charge in [-0.25, -0.2) is 8.78 Å². The number of piperazine rings is 1. The Kier molecular flexibility index (Phi) is 6.39. The zero-order chi connectivity index (χ0) is 13.1. The highest BCUT2D eigenvalue weighted by atomic mass is 79.9. The summed E-state index contributed by atoms with van der Waals surface area (Å²) < 4.78 is 28.3. The SMILES string of the molecule is C=C[C@H](c1c(F)cc(Br)cc1F)N1CCNCC1.Cl. The average Bonchev–Trinajstić information content (AvgIpc) is 2.34. The Balaban J connectivity index is 0.00000180. The molecule has 1 N–H and O–H groups in total. The third-order valence-corrected chi connectivity index (χ3v) is 3.57. The van der Waals surface area contributed by atoms with Gasteiger partial charge >= 0.3 is 0 Å². The van der Waals surface area contributed by atoms with E-state index in [1.807, 2.05) is 4.90 Å². The number of rotatable bonds is 3. The van der Waals surface area contributed by atoms with Crippen molar-refractivity contribution in [2.45, 2.75) is 6.04 Å². The maximum atomic E-state index is 13.9. The molecule has 0 unspecified atom stereocenters. The maximum Gasteiger partial charge on any atom is 0.132 e. The molecule has 0 spiro atoms. The van der Waals surface area contributed by atoms with E-state index < -0.39 is 17.7 Å². The van der Waals surface area contributed by atoms with Gasteiger partial charge in [0.1, 0.15) is 11.6 Å². The highest BCUT2D eigenvalue weighted by molar-refractivity contribution is 9.10. The molecule has 0 radical (unpaired) electrons. The molecule has 106 valence electrons. The second-order valence-corrected chi connectivity index (χ2v) is 5.17. The zero-order valence-electron chi connectivity index (χ0n) is 10.3. The molecule has 1 fully saturated rings. The molecule has 0 aromatic heterocycles. The Morgan fingerprint density at radius 1 is 1.26 bits per heavy atom. The first-order valence-electron chi connectivity index (χ1n) is 5.85. The van der Waals surface area contributed by atoms with E-state index in [1.165, 1.54) is 12.1 Å². The Morgan fingerprint density at radius 3 is 2.26 bits per heavy atom. The molecule has 1 heterocycles. The molecule has 1 aromatic carbocycles. The summed E-state index contributed by atoms with van der Waals surface area (Å²) in [5.74, 6) is -1.07. The van der Waals surface area contributed by atoms with Gasteiger partial charge in [-0.15, -0.1) is 19.0 Å². The average molecular weight is 354 g/mol. The zero-order valence-corrected chi connectivity index (χ0v) is 12.7. The molecular weight excluding hydrogens is 338 g/mol. The van der Waals surface area contributed by atoms with Crippen molar-refractivity contribution >= 4 is 28.3 Å². The molecule has 1 aliphatic rings. The first-order chi connectivity index (χ1) is 8.63. The lowest BCUT2D eigenvalue weighted by atomic mass is 10.0. The van der Waals surface area contributed by atoms with E-state index in [4.69, 9.17) is 0 Å². The standard InChI is InChI=1S/C13H15BrF2N2.ClH/c1-2-12(18-5-3-17-4-6-18)13-10(15)7-9(14)8-11(13)16;/h2,7-8,12,17H,1,3-6H2;1H/t12-;/m1./s1. The molecular formula is C13H16BrClF2N2. The van der Waals surface area contributed by atoms with E-state index in [-0.39, 0.29) is 18.0 Å². The number of hydrogen-bond donors (Lipinski definition) is 1. The van der Waals surface area contributed by atoms with Crippen LogP contribution in [0.4, 0.5) is 8.78 Å². The van der Waals surface area contributed by atoms with Gasteiger partial charge in [0.2, 0.25) is 0 Å². The molecule has 0 bridgehead atoms. The Morgan fingerprint density at radius 2 is 1.79 bits per heavy atom. The summed E-state index contributed by atoms with van der Waals surface area (Å²) in [5, 5.41) is 3.21. The summed E-state index contributed by atoms with van der Waals surface area (Å²) >= 11 is 3.08. The first-order valence-corrected chi connectivity index (χ1v) is 6.64. The van der Waals surface area contributed by atoms with Gasteiger partial charge < -0.3 is 5.32 Å². The van der Waals surface area contributed by atoms with Crippen LogP contribution < -0.4 is 5.32 Å². The first kappa shape index (κ1) is 16.6. The fraction of sp³-hybridized carbons (Fsp3) is 0.385. The molecule has 2 rings (SSSR count). The quantitative estimate of drug-likeness (QED) is 0.839. The summed E-state index contributed by atoms with van der Waals surface area (Å²) in [5.41, 5.74) is 0.0788. The van der Waals surface area contributed by atoms with Gasteiger partial charge in [0.25, 0.3) is 0 Å². The van der Waals surface area contributed by atoms with Gasteiger partial charge in [-0.2, -0.15) is 0 Å². The van der Waals surface area contributed by atoms with Crippen molar-refractivity contribution in [1.82, 2.24) is 10.2 Å². The summed E-state index contributed by atoms with van der Waals surface area (Å²) in [6, 6.07) is 2.16. The van der Waals surface area contributed by atoms with E-state index in [0.29, 0.717) is 4.47 Å². The van der Waals surface area contributed by atoms with Crippen molar-refractivity contribution in [2.75, 3.05) is 26.2 Å². The fourth-order valence-corrected chi connectivity index (χ4v) is 2.65.